The molecule has 2 nitrogen and oxygen atoms in total. The van der Waals surface area contributed by atoms with Crippen LogP contribution >= 0.6 is 0 Å². The van der Waals surface area contributed by atoms with Crippen molar-refractivity contribution in [2.45, 2.75) is 26.7 Å². The molecule has 14 heavy (non-hydrogen) atoms. The molecular weight excluding hydrogens is 174 g/mol. The SMILES string of the molecule is CC(C)CCCOc1ccc(N)cc1. The van der Waals surface area contributed by atoms with Gasteiger partial charge in [-0.2, -0.15) is 0 Å². The zero-order chi connectivity index (χ0) is 10.4. The van der Waals surface area contributed by atoms with E-state index in [4.69, 9.17) is 10.5 Å². The van der Waals surface area contributed by atoms with E-state index < -0.39 is 0 Å². The summed E-state index contributed by atoms with van der Waals surface area (Å²) in [7, 11) is 0. The van der Waals surface area contributed by atoms with Gasteiger partial charge in [0.2, 0.25) is 0 Å². The molecule has 1 rings (SSSR count). The molecule has 1 aromatic carbocycles. The smallest absolute Gasteiger partial charge is 0.119 e. The topological polar surface area (TPSA) is 35.2 Å². The van der Waals surface area contributed by atoms with Gasteiger partial charge in [-0.05, 0) is 43.0 Å². The quantitative estimate of drug-likeness (QED) is 0.576. The second-order valence-electron chi connectivity index (χ2n) is 3.95. The standard InChI is InChI=1S/C12H19NO/c1-10(2)4-3-9-14-12-7-5-11(13)6-8-12/h5-8,10H,3-4,9,13H2,1-2H3. The molecule has 0 aliphatic rings. The number of anilines is 1. The van der Waals surface area contributed by atoms with Crippen molar-refractivity contribution in [3.05, 3.63) is 24.3 Å². The fraction of sp³-hybridized carbons (Fsp3) is 0.500. The number of hydrogen-bond donors (Lipinski definition) is 1. The number of ether oxygens (including phenoxy) is 1. The summed E-state index contributed by atoms with van der Waals surface area (Å²) < 4.78 is 5.56. The molecule has 0 bridgehead atoms. The lowest BCUT2D eigenvalue weighted by atomic mass is 10.1. The van der Waals surface area contributed by atoms with Gasteiger partial charge in [0.05, 0.1) is 6.61 Å². The van der Waals surface area contributed by atoms with Crippen LogP contribution in [-0.2, 0) is 0 Å². The van der Waals surface area contributed by atoms with Crippen LogP contribution in [-0.4, -0.2) is 6.61 Å². The Morgan fingerprint density at radius 1 is 1.21 bits per heavy atom. The molecule has 0 fully saturated rings. The highest BCUT2D eigenvalue weighted by Crippen LogP contribution is 2.13. The molecule has 0 saturated carbocycles. The highest BCUT2D eigenvalue weighted by atomic mass is 16.5. The number of rotatable bonds is 5. The minimum absolute atomic E-state index is 0.755. The Labute approximate surface area is 86.1 Å². The van der Waals surface area contributed by atoms with Gasteiger partial charge in [0, 0.05) is 5.69 Å². The minimum Gasteiger partial charge on any atom is -0.494 e. The molecule has 0 spiro atoms. The lowest BCUT2D eigenvalue weighted by Crippen LogP contribution is -1.99. The first kappa shape index (κ1) is 10.9. The van der Waals surface area contributed by atoms with Gasteiger partial charge in [-0.3, -0.25) is 0 Å². The summed E-state index contributed by atoms with van der Waals surface area (Å²) in [5.74, 6) is 1.66. The predicted octanol–water partition coefficient (Wildman–Crippen LogP) is 3.08. The van der Waals surface area contributed by atoms with Crippen LogP contribution in [0.15, 0.2) is 24.3 Å². The molecule has 0 heterocycles. The number of hydrogen-bond acceptors (Lipinski definition) is 2. The molecule has 2 heteroatoms. The lowest BCUT2D eigenvalue weighted by molar-refractivity contribution is 0.298. The predicted molar refractivity (Wildman–Crippen MR) is 60.4 cm³/mol. The van der Waals surface area contributed by atoms with Crippen molar-refractivity contribution < 1.29 is 4.74 Å². The van der Waals surface area contributed by atoms with Gasteiger partial charge in [0.15, 0.2) is 0 Å². The van der Waals surface area contributed by atoms with Gasteiger partial charge < -0.3 is 10.5 Å². The molecule has 0 aliphatic carbocycles. The van der Waals surface area contributed by atoms with Crippen LogP contribution in [0.2, 0.25) is 0 Å². The maximum atomic E-state index is 5.57. The van der Waals surface area contributed by atoms with Gasteiger partial charge in [-0.15, -0.1) is 0 Å². The second kappa shape index (κ2) is 5.53. The van der Waals surface area contributed by atoms with Crippen LogP contribution in [0.3, 0.4) is 0 Å². The van der Waals surface area contributed by atoms with E-state index in [9.17, 15) is 0 Å². The third kappa shape index (κ3) is 4.17. The molecule has 2 N–H and O–H groups in total. The largest absolute Gasteiger partial charge is 0.494 e. The summed E-state index contributed by atoms with van der Waals surface area (Å²) in [6.45, 7) is 5.24. The number of nitrogen functional groups attached to an aromatic ring is 1. The van der Waals surface area contributed by atoms with E-state index in [0.29, 0.717) is 0 Å². The summed E-state index contributed by atoms with van der Waals surface area (Å²) in [4.78, 5) is 0. The Hall–Kier alpha value is -1.18. The van der Waals surface area contributed by atoms with Crippen molar-refractivity contribution in [3.8, 4) is 5.75 Å². The van der Waals surface area contributed by atoms with E-state index >= 15 is 0 Å². The zero-order valence-corrected chi connectivity index (χ0v) is 8.99. The molecule has 0 unspecified atom stereocenters. The summed E-state index contributed by atoms with van der Waals surface area (Å²) in [5.41, 5.74) is 6.34. The van der Waals surface area contributed by atoms with Crippen molar-refractivity contribution in [1.29, 1.82) is 0 Å². The molecule has 78 valence electrons. The molecular formula is C12H19NO. The van der Waals surface area contributed by atoms with Crippen LogP contribution in [0.25, 0.3) is 0 Å². The van der Waals surface area contributed by atoms with Crippen molar-refractivity contribution in [2.24, 2.45) is 5.92 Å². The maximum absolute atomic E-state index is 5.57. The molecule has 0 atom stereocenters. The lowest BCUT2D eigenvalue weighted by Gasteiger charge is -2.07. The van der Waals surface area contributed by atoms with Gasteiger partial charge in [0.1, 0.15) is 5.75 Å². The Kier molecular flexibility index (Phi) is 4.30. The van der Waals surface area contributed by atoms with Crippen molar-refractivity contribution in [2.75, 3.05) is 12.3 Å². The summed E-state index contributed by atoms with van der Waals surface area (Å²) in [6.07, 6.45) is 2.33. The molecule has 1 aromatic rings. The van der Waals surface area contributed by atoms with E-state index in [1.807, 2.05) is 24.3 Å². The average Bonchev–Trinajstić information content (AvgIpc) is 2.15. The van der Waals surface area contributed by atoms with Crippen LogP contribution in [0, 0.1) is 5.92 Å². The summed E-state index contributed by atoms with van der Waals surface area (Å²) in [6, 6.07) is 7.53. The maximum Gasteiger partial charge on any atom is 0.119 e. The van der Waals surface area contributed by atoms with Gasteiger partial charge in [0.25, 0.3) is 0 Å². The number of nitrogens with two attached hydrogens (primary N) is 1. The summed E-state index contributed by atoms with van der Waals surface area (Å²) in [5, 5.41) is 0. The molecule has 0 amide bonds. The second-order valence-corrected chi connectivity index (χ2v) is 3.95. The molecule has 0 radical (unpaired) electrons. The normalized spacial score (nSPS) is 10.5. The van der Waals surface area contributed by atoms with Crippen molar-refractivity contribution in [3.63, 3.8) is 0 Å². The van der Waals surface area contributed by atoms with E-state index in [2.05, 4.69) is 13.8 Å². The number of benzene rings is 1. The van der Waals surface area contributed by atoms with Crippen LogP contribution in [0.4, 0.5) is 5.69 Å². The Balaban J connectivity index is 2.21. The van der Waals surface area contributed by atoms with Gasteiger partial charge >= 0.3 is 0 Å². The first-order valence-electron chi connectivity index (χ1n) is 5.17. The van der Waals surface area contributed by atoms with Gasteiger partial charge in [-0.25, -0.2) is 0 Å². The van der Waals surface area contributed by atoms with Gasteiger partial charge in [-0.1, -0.05) is 13.8 Å². The van der Waals surface area contributed by atoms with Crippen LogP contribution in [0.1, 0.15) is 26.7 Å². The molecule has 0 aliphatic heterocycles. The Bertz CT molecular complexity index is 254. The fourth-order valence-corrected chi connectivity index (χ4v) is 1.25. The third-order valence-corrected chi connectivity index (χ3v) is 2.07. The fourth-order valence-electron chi connectivity index (χ4n) is 1.25. The van der Waals surface area contributed by atoms with Crippen molar-refractivity contribution in [1.82, 2.24) is 0 Å². The molecule has 0 aromatic heterocycles. The molecule has 0 saturated heterocycles. The minimum atomic E-state index is 0.755. The van der Waals surface area contributed by atoms with E-state index in [1.165, 1.54) is 6.42 Å². The first-order valence-corrected chi connectivity index (χ1v) is 5.17. The monoisotopic (exact) mass is 193 g/mol. The van der Waals surface area contributed by atoms with E-state index in [0.717, 1.165) is 30.4 Å². The highest BCUT2D eigenvalue weighted by Gasteiger charge is 1.95. The van der Waals surface area contributed by atoms with Crippen molar-refractivity contribution >= 4 is 5.69 Å². The van der Waals surface area contributed by atoms with E-state index in [1.54, 1.807) is 0 Å². The Morgan fingerprint density at radius 3 is 2.43 bits per heavy atom. The van der Waals surface area contributed by atoms with Crippen LogP contribution in [0.5, 0.6) is 5.75 Å². The Morgan fingerprint density at radius 2 is 1.86 bits per heavy atom. The summed E-state index contributed by atoms with van der Waals surface area (Å²) >= 11 is 0. The zero-order valence-electron chi connectivity index (χ0n) is 8.99. The first-order chi connectivity index (χ1) is 6.68. The average molecular weight is 193 g/mol. The van der Waals surface area contributed by atoms with Crippen LogP contribution < -0.4 is 10.5 Å². The third-order valence-electron chi connectivity index (χ3n) is 2.07. The van der Waals surface area contributed by atoms with E-state index in [-0.39, 0.29) is 0 Å². The highest BCUT2D eigenvalue weighted by molar-refractivity contribution is 5.41.